The molecule has 5 nitrogen and oxygen atoms in total. The maximum absolute atomic E-state index is 10.7. The summed E-state index contributed by atoms with van der Waals surface area (Å²) >= 11 is 12.0. The van der Waals surface area contributed by atoms with E-state index < -0.39 is 4.92 Å². The number of rotatable bonds is 5. The molecule has 0 unspecified atom stereocenters. The van der Waals surface area contributed by atoms with Gasteiger partial charge >= 0.3 is 0 Å². The van der Waals surface area contributed by atoms with Gasteiger partial charge < -0.3 is 10.1 Å². The Hall–Kier alpha value is -1.04. The number of halogens is 2. The molecule has 0 bridgehead atoms. The van der Waals surface area contributed by atoms with Crippen molar-refractivity contribution in [2.45, 2.75) is 31.9 Å². The summed E-state index contributed by atoms with van der Waals surface area (Å²) in [5.74, 6) is 0. The smallest absolute Gasteiger partial charge is 0.272 e. The topological polar surface area (TPSA) is 64.4 Å². The predicted octanol–water partition coefficient (Wildman–Crippen LogP) is 3.88. The summed E-state index contributed by atoms with van der Waals surface area (Å²) in [4.78, 5) is 10.2. The highest BCUT2D eigenvalue weighted by Gasteiger charge is 2.30. The van der Waals surface area contributed by atoms with Crippen LogP contribution in [-0.4, -0.2) is 23.7 Å². The number of nitro groups is 1. The third-order valence-corrected chi connectivity index (χ3v) is 3.68. The van der Waals surface area contributed by atoms with Crippen molar-refractivity contribution in [3.8, 4) is 0 Å². The average Bonchev–Trinajstić information content (AvgIpc) is 2.29. The van der Waals surface area contributed by atoms with E-state index in [0.29, 0.717) is 12.3 Å². The SMILES string of the molecule is CCOC1CC(Nc2c(Cl)cc([N+](=O)[O-])cc2Cl)C1. The van der Waals surface area contributed by atoms with E-state index in [1.165, 1.54) is 12.1 Å². The first-order valence-corrected chi connectivity index (χ1v) is 6.78. The van der Waals surface area contributed by atoms with Crippen molar-refractivity contribution in [2.75, 3.05) is 11.9 Å². The lowest BCUT2D eigenvalue weighted by molar-refractivity contribution is -0.384. The molecule has 0 aliphatic heterocycles. The maximum atomic E-state index is 10.7. The Morgan fingerprint density at radius 2 is 2.00 bits per heavy atom. The summed E-state index contributed by atoms with van der Waals surface area (Å²) in [7, 11) is 0. The molecule has 1 aromatic carbocycles. The molecule has 0 spiro atoms. The van der Waals surface area contributed by atoms with Crippen LogP contribution in [-0.2, 0) is 4.74 Å². The molecule has 0 radical (unpaired) electrons. The number of benzene rings is 1. The average molecular weight is 305 g/mol. The molecule has 1 aliphatic carbocycles. The molecule has 0 heterocycles. The number of non-ortho nitro benzene ring substituents is 1. The van der Waals surface area contributed by atoms with Gasteiger partial charge in [-0.15, -0.1) is 0 Å². The van der Waals surface area contributed by atoms with Gasteiger partial charge in [-0.3, -0.25) is 10.1 Å². The van der Waals surface area contributed by atoms with Crippen molar-refractivity contribution < 1.29 is 9.66 Å². The third kappa shape index (κ3) is 3.29. The monoisotopic (exact) mass is 304 g/mol. The van der Waals surface area contributed by atoms with Crippen molar-refractivity contribution >= 4 is 34.6 Å². The number of hydrogen-bond acceptors (Lipinski definition) is 4. The Morgan fingerprint density at radius 3 is 2.47 bits per heavy atom. The number of hydrogen-bond donors (Lipinski definition) is 1. The van der Waals surface area contributed by atoms with E-state index in [0.717, 1.165) is 12.8 Å². The minimum Gasteiger partial charge on any atom is -0.380 e. The van der Waals surface area contributed by atoms with E-state index in [1.807, 2.05) is 6.92 Å². The second kappa shape index (κ2) is 5.94. The lowest BCUT2D eigenvalue weighted by Gasteiger charge is -2.36. The highest BCUT2D eigenvalue weighted by Crippen LogP contribution is 2.37. The van der Waals surface area contributed by atoms with Gasteiger partial charge in [0.25, 0.3) is 5.69 Å². The summed E-state index contributed by atoms with van der Waals surface area (Å²) in [6.45, 7) is 2.67. The van der Waals surface area contributed by atoms with Crippen LogP contribution in [0.4, 0.5) is 11.4 Å². The van der Waals surface area contributed by atoms with Crippen LogP contribution in [0.1, 0.15) is 19.8 Å². The van der Waals surface area contributed by atoms with Crippen LogP contribution in [0.3, 0.4) is 0 Å². The largest absolute Gasteiger partial charge is 0.380 e. The molecule has 0 aromatic heterocycles. The molecular weight excluding hydrogens is 291 g/mol. The quantitative estimate of drug-likeness (QED) is 0.662. The first-order chi connectivity index (χ1) is 9.01. The van der Waals surface area contributed by atoms with Crippen LogP contribution >= 0.6 is 23.2 Å². The molecule has 1 N–H and O–H groups in total. The second-order valence-corrected chi connectivity index (χ2v) is 5.25. The zero-order chi connectivity index (χ0) is 14.0. The zero-order valence-electron chi connectivity index (χ0n) is 10.4. The lowest BCUT2D eigenvalue weighted by atomic mass is 9.89. The van der Waals surface area contributed by atoms with Crippen molar-refractivity contribution in [2.24, 2.45) is 0 Å². The molecule has 0 amide bonds. The predicted molar refractivity (Wildman–Crippen MR) is 75.2 cm³/mol. The van der Waals surface area contributed by atoms with Crippen LogP contribution in [0.5, 0.6) is 0 Å². The van der Waals surface area contributed by atoms with Gasteiger partial charge in [0.2, 0.25) is 0 Å². The molecule has 19 heavy (non-hydrogen) atoms. The first-order valence-electron chi connectivity index (χ1n) is 6.02. The molecule has 104 valence electrons. The minimum atomic E-state index is -0.518. The van der Waals surface area contributed by atoms with Gasteiger partial charge in [-0.2, -0.15) is 0 Å². The molecule has 0 saturated heterocycles. The van der Waals surface area contributed by atoms with Crippen molar-refractivity contribution in [1.29, 1.82) is 0 Å². The van der Waals surface area contributed by atoms with Crippen LogP contribution in [0, 0.1) is 10.1 Å². The molecule has 1 aromatic rings. The molecule has 1 fully saturated rings. The van der Waals surface area contributed by atoms with E-state index in [9.17, 15) is 10.1 Å². The molecule has 0 atom stereocenters. The summed E-state index contributed by atoms with van der Waals surface area (Å²) in [6.07, 6.45) is 2.05. The Morgan fingerprint density at radius 1 is 1.42 bits per heavy atom. The van der Waals surface area contributed by atoms with Crippen LogP contribution < -0.4 is 5.32 Å². The van der Waals surface area contributed by atoms with Gasteiger partial charge in [0.05, 0.1) is 26.8 Å². The summed E-state index contributed by atoms with van der Waals surface area (Å²) < 4.78 is 5.46. The van der Waals surface area contributed by atoms with Crippen molar-refractivity contribution in [1.82, 2.24) is 0 Å². The fourth-order valence-corrected chi connectivity index (χ4v) is 2.65. The van der Waals surface area contributed by atoms with Crippen LogP contribution in [0.15, 0.2) is 12.1 Å². The Kier molecular flexibility index (Phi) is 4.50. The lowest BCUT2D eigenvalue weighted by Crippen LogP contribution is -2.40. The number of anilines is 1. The van der Waals surface area contributed by atoms with Crippen LogP contribution in [0.2, 0.25) is 10.0 Å². The summed E-state index contributed by atoms with van der Waals surface area (Å²) in [5, 5.41) is 14.4. The van der Waals surface area contributed by atoms with E-state index in [-0.39, 0.29) is 27.9 Å². The summed E-state index contributed by atoms with van der Waals surface area (Å²) in [5.41, 5.74) is 0.440. The van der Waals surface area contributed by atoms with E-state index >= 15 is 0 Å². The fraction of sp³-hybridized carbons (Fsp3) is 0.500. The molecule has 2 rings (SSSR count). The Balaban J connectivity index is 2.04. The fourth-order valence-electron chi connectivity index (χ4n) is 2.06. The van der Waals surface area contributed by atoms with Gasteiger partial charge in [0.15, 0.2) is 0 Å². The molecule has 1 saturated carbocycles. The normalized spacial score (nSPS) is 21.8. The van der Waals surface area contributed by atoms with Gasteiger partial charge in [0, 0.05) is 24.8 Å². The zero-order valence-corrected chi connectivity index (χ0v) is 11.9. The van der Waals surface area contributed by atoms with Gasteiger partial charge in [-0.25, -0.2) is 0 Å². The standard InChI is InChI=1S/C12H14Cl2N2O3/c1-2-19-9-3-7(4-9)15-12-10(13)5-8(16(17)18)6-11(12)14/h5-7,9,15H,2-4H2,1H3. The van der Waals surface area contributed by atoms with Crippen LogP contribution in [0.25, 0.3) is 0 Å². The minimum absolute atomic E-state index is 0.110. The Bertz CT molecular complexity index is 467. The second-order valence-electron chi connectivity index (χ2n) is 4.43. The highest BCUT2D eigenvalue weighted by atomic mass is 35.5. The molecular formula is C12H14Cl2N2O3. The maximum Gasteiger partial charge on any atom is 0.272 e. The van der Waals surface area contributed by atoms with Crippen molar-refractivity contribution in [3.05, 3.63) is 32.3 Å². The van der Waals surface area contributed by atoms with E-state index in [1.54, 1.807) is 0 Å². The number of nitro benzene ring substituents is 1. The number of nitrogens with one attached hydrogen (secondary N) is 1. The van der Waals surface area contributed by atoms with Gasteiger partial charge in [0.1, 0.15) is 0 Å². The molecule has 1 aliphatic rings. The number of nitrogens with zero attached hydrogens (tertiary/aromatic N) is 1. The van der Waals surface area contributed by atoms with Gasteiger partial charge in [-0.05, 0) is 19.8 Å². The highest BCUT2D eigenvalue weighted by molar-refractivity contribution is 6.39. The summed E-state index contributed by atoms with van der Waals surface area (Å²) in [6, 6.07) is 2.84. The van der Waals surface area contributed by atoms with Gasteiger partial charge in [-0.1, -0.05) is 23.2 Å². The Labute approximate surface area is 121 Å². The first kappa shape index (κ1) is 14.4. The van der Waals surface area contributed by atoms with Crippen molar-refractivity contribution in [3.63, 3.8) is 0 Å². The number of ether oxygens (including phenoxy) is 1. The third-order valence-electron chi connectivity index (χ3n) is 3.08. The molecule has 7 heteroatoms. The van der Waals surface area contributed by atoms with E-state index in [2.05, 4.69) is 5.32 Å². The van der Waals surface area contributed by atoms with E-state index in [4.69, 9.17) is 27.9 Å².